The van der Waals surface area contributed by atoms with E-state index in [0.29, 0.717) is 6.17 Å². The zero-order valence-electron chi connectivity index (χ0n) is 8.82. The highest BCUT2D eigenvalue weighted by Gasteiger charge is 2.02. The Balaban J connectivity index is 3.34. The molecule has 74 valence electrons. The van der Waals surface area contributed by atoms with Crippen LogP contribution in [-0.4, -0.2) is 28.8 Å². The van der Waals surface area contributed by atoms with Gasteiger partial charge in [-0.3, -0.25) is 0 Å². The normalized spacial score (nSPS) is 12.0. The summed E-state index contributed by atoms with van der Waals surface area (Å²) in [5, 5.41) is 6.89. The molecule has 2 nitrogen and oxygen atoms in total. The van der Waals surface area contributed by atoms with Crippen LogP contribution in [0, 0.1) is 0 Å². The zero-order chi connectivity index (χ0) is 9.23. The second-order valence-corrected chi connectivity index (χ2v) is 4.87. The first kappa shape index (κ1) is 12.1. The van der Waals surface area contributed by atoms with Crippen LogP contribution in [0.2, 0.25) is 12.6 Å². The van der Waals surface area contributed by atoms with Crippen molar-refractivity contribution in [1.82, 2.24) is 10.6 Å². The van der Waals surface area contributed by atoms with Crippen LogP contribution in [0.25, 0.3) is 0 Å². The van der Waals surface area contributed by atoms with E-state index >= 15 is 0 Å². The molecule has 0 atom stereocenters. The molecule has 0 aliphatic carbocycles. The number of nitrogens with one attached hydrogen (secondary N) is 2. The van der Waals surface area contributed by atoms with Gasteiger partial charge in [0.25, 0.3) is 0 Å². The van der Waals surface area contributed by atoms with Gasteiger partial charge in [0.2, 0.25) is 0 Å². The van der Waals surface area contributed by atoms with E-state index in [1.165, 1.54) is 18.9 Å². The van der Waals surface area contributed by atoms with E-state index in [1.54, 1.807) is 0 Å². The Kier molecular flexibility index (Phi) is 9.33. The zero-order valence-corrected chi connectivity index (χ0v) is 10.2. The highest BCUT2D eigenvalue weighted by molar-refractivity contribution is 6.33. The summed E-state index contributed by atoms with van der Waals surface area (Å²) in [6, 6.07) is 1.49. The molecule has 0 rings (SSSR count). The van der Waals surface area contributed by atoms with E-state index in [0.717, 1.165) is 13.1 Å². The van der Waals surface area contributed by atoms with E-state index in [4.69, 9.17) is 0 Å². The maximum absolute atomic E-state index is 3.45. The lowest BCUT2D eigenvalue weighted by molar-refractivity contribution is 0.415. The second-order valence-electron chi connectivity index (χ2n) is 3.16. The Morgan fingerprint density at radius 1 is 1.17 bits per heavy atom. The molecule has 12 heavy (non-hydrogen) atoms. The third-order valence-corrected chi connectivity index (χ3v) is 3.20. The standard InChI is InChI=1S/C9H24N2Si/c1-4-10-9(11-5-2)7-6-8-12-3/h9-11H,4-8,12H2,1-3H3. The summed E-state index contributed by atoms with van der Waals surface area (Å²) < 4.78 is 0. The molecule has 0 fully saturated rings. The monoisotopic (exact) mass is 188 g/mol. The Bertz CT molecular complexity index is 82.6. The van der Waals surface area contributed by atoms with Crippen LogP contribution in [0.4, 0.5) is 0 Å². The molecule has 0 saturated heterocycles. The second kappa shape index (κ2) is 9.23. The molecule has 0 aromatic heterocycles. The van der Waals surface area contributed by atoms with Gasteiger partial charge in [0.1, 0.15) is 0 Å². The summed E-state index contributed by atoms with van der Waals surface area (Å²) in [5.41, 5.74) is 0. The van der Waals surface area contributed by atoms with E-state index in [1.807, 2.05) is 0 Å². The molecule has 0 amide bonds. The fraction of sp³-hybridized carbons (Fsp3) is 1.00. The SMILES string of the molecule is CCNC(CCC[SiH2]C)NCC. The number of hydrogen-bond donors (Lipinski definition) is 2. The van der Waals surface area contributed by atoms with Crippen molar-refractivity contribution in [3.05, 3.63) is 0 Å². The van der Waals surface area contributed by atoms with E-state index in [-0.39, 0.29) is 9.52 Å². The third kappa shape index (κ3) is 6.82. The predicted octanol–water partition coefficient (Wildman–Crippen LogP) is 0.947. The maximum Gasteiger partial charge on any atom is 0.0571 e. The summed E-state index contributed by atoms with van der Waals surface area (Å²) in [6.45, 7) is 8.86. The molecule has 0 spiro atoms. The van der Waals surface area contributed by atoms with Gasteiger partial charge >= 0.3 is 0 Å². The van der Waals surface area contributed by atoms with Gasteiger partial charge in [-0.1, -0.05) is 32.9 Å². The quantitative estimate of drug-likeness (QED) is 0.337. The van der Waals surface area contributed by atoms with Crippen LogP contribution in [0.3, 0.4) is 0 Å². The lowest BCUT2D eigenvalue weighted by Crippen LogP contribution is -2.41. The predicted molar refractivity (Wildman–Crippen MR) is 59.6 cm³/mol. The van der Waals surface area contributed by atoms with Gasteiger partial charge in [0, 0.05) is 9.52 Å². The van der Waals surface area contributed by atoms with Crippen molar-refractivity contribution >= 4 is 9.52 Å². The maximum atomic E-state index is 3.45. The fourth-order valence-electron chi connectivity index (χ4n) is 1.37. The largest absolute Gasteiger partial charge is 0.302 e. The fourth-order valence-corrected chi connectivity index (χ4v) is 2.16. The highest BCUT2D eigenvalue weighted by Crippen LogP contribution is 1.98. The van der Waals surface area contributed by atoms with E-state index in [9.17, 15) is 0 Å². The first-order valence-electron chi connectivity index (χ1n) is 5.31. The Morgan fingerprint density at radius 3 is 2.17 bits per heavy atom. The van der Waals surface area contributed by atoms with Crippen molar-refractivity contribution in [1.29, 1.82) is 0 Å². The highest BCUT2D eigenvalue weighted by atomic mass is 28.2. The molecule has 0 aliphatic rings. The Morgan fingerprint density at radius 2 is 1.75 bits per heavy atom. The topological polar surface area (TPSA) is 24.1 Å². The minimum absolute atomic E-state index is 0.288. The average Bonchev–Trinajstić information content (AvgIpc) is 2.06. The first-order valence-corrected chi connectivity index (χ1v) is 7.73. The van der Waals surface area contributed by atoms with Gasteiger partial charge in [-0.25, -0.2) is 0 Å². The Hall–Kier alpha value is 0.137. The minimum atomic E-state index is 0.288. The smallest absolute Gasteiger partial charge is 0.0571 e. The van der Waals surface area contributed by atoms with Crippen molar-refractivity contribution < 1.29 is 0 Å². The van der Waals surface area contributed by atoms with Crippen LogP contribution >= 0.6 is 0 Å². The van der Waals surface area contributed by atoms with Crippen molar-refractivity contribution in [3.63, 3.8) is 0 Å². The molecule has 0 aromatic carbocycles. The molecule has 0 bridgehead atoms. The van der Waals surface area contributed by atoms with Gasteiger partial charge < -0.3 is 10.6 Å². The van der Waals surface area contributed by atoms with Crippen molar-refractivity contribution in [2.75, 3.05) is 13.1 Å². The first-order chi connectivity index (χ1) is 5.85. The van der Waals surface area contributed by atoms with Crippen molar-refractivity contribution in [2.45, 2.75) is 45.4 Å². The molecule has 0 heterocycles. The molecule has 0 unspecified atom stereocenters. The molecule has 0 aliphatic heterocycles. The summed E-state index contributed by atoms with van der Waals surface area (Å²) in [5.74, 6) is 0. The summed E-state index contributed by atoms with van der Waals surface area (Å²) in [4.78, 5) is 0. The number of hydrogen-bond acceptors (Lipinski definition) is 2. The van der Waals surface area contributed by atoms with Gasteiger partial charge in [-0.05, 0) is 19.5 Å². The van der Waals surface area contributed by atoms with Gasteiger partial charge in [0.05, 0.1) is 6.17 Å². The average molecular weight is 188 g/mol. The Labute approximate surface area is 79.3 Å². The molecule has 3 heteroatoms. The summed E-state index contributed by atoms with van der Waals surface area (Å²) in [7, 11) is 0.288. The van der Waals surface area contributed by atoms with Gasteiger partial charge in [0.15, 0.2) is 0 Å². The molecular weight excluding hydrogens is 164 g/mol. The van der Waals surface area contributed by atoms with Crippen LogP contribution in [0.1, 0.15) is 26.7 Å². The molecule has 0 aromatic rings. The van der Waals surface area contributed by atoms with E-state index < -0.39 is 0 Å². The van der Waals surface area contributed by atoms with Crippen LogP contribution in [-0.2, 0) is 0 Å². The number of rotatable bonds is 8. The van der Waals surface area contributed by atoms with Crippen LogP contribution < -0.4 is 10.6 Å². The van der Waals surface area contributed by atoms with Crippen molar-refractivity contribution in [2.24, 2.45) is 0 Å². The minimum Gasteiger partial charge on any atom is -0.302 e. The molecule has 2 N–H and O–H groups in total. The summed E-state index contributed by atoms with van der Waals surface area (Å²) >= 11 is 0. The molecule has 0 radical (unpaired) electrons. The van der Waals surface area contributed by atoms with Crippen LogP contribution in [0.5, 0.6) is 0 Å². The van der Waals surface area contributed by atoms with Gasteiger partial charge in [-0.2, -0.15) is 0 Å². The van der Waals surface area contributed by atoms with Crippen molar-refractivity contribution in [3.8, 4) is 0 Å². The lowest BCUT2D eigenvalue weighted by atomic mass is 10.2. The molecular formula is C9H24N2Si. The summed E-state index contributed by atoms with van der Waals surface area (Å²) in [6.07, 6.45) is 3.25. The van der Waals surface area contributed by atoms with Gasteiger partial charge in [-0.15, -0.1) is 0 Å². The van der Waals surface area contributed by atoms with E-state index in [2.05, 4.69) is 31.0 Å². The van der Waals surface area contributed by atoms with Crippen LogP contribution in [0.15, 0.2) is 0 Å². The lowest BCUT2D eigenvalue weighted by Gasteiger charge is -2.18. The molecule has 0 saturated carbocycles. The third-order valence-electron chi connectivity index (χ3n) is 2.00.